The Balaban J connectivity index is 1.55. The fraction of sp³-hybridized carbons (Fsp3) is 0.350. The Kier molecular flexibility index (Phi) is 5.40. The predicted octanol–water partition coefficient (Wildman–Crippen LogP) is 2.12. The first-order valence-electron chi connectivity index (χ1n) is 9.16. The molecule has 1 saturated heterocycles. The molecule has 2 aromatic rings. The molecule has 1 fully saturated rings. The number of aryl methyl sites for hydroxylation is 1. The van der Waals surface area contributed by atoms with Gasteiger partial charge in [0.05, 0.1) is 36.1 Å². The lowest BCUT2D eigenvalue weighted by atomic mass is 10.1. The van der Waals surface area contributed by atoms with E-state index in [9.17, 15) is 9.59 Å². The van der Waals surface area contributed by atoms with Gasteiger partial charge in [0.15, 0.2) is 6.10 Å². The molecule has 0 bridgehead atoms. The van der Waals surface area contributed by atoms with Crippen LogP contribution in [0.2, 0.25) is 0 Å². The van der Waals surface area contributed by atoms with Gasteiger partial charge in [0.25, 0.3) is 11.8 Å². The Morgan fingerprint density at radius 2 is 2.04 bits per heavy atom. The van der Waals surface area contributed by atoms with Crippen LogP contribution < -0.4 is 9.64 Å². The maximum atomic E-state index is 12.9. The van der Waals surface area contributed by atoms with Gasteiger partial charge in [0, 0.05) is 24.5 Å². The van der Waals surface area contributed by atoms with Crippen molar-refractivity contribution in [1.29, 1.82) is 0 Å². The van der Waals surface area contributed by atoms with E-state index in [0.717, 1.165) is 10.7 Å². The summed E-state index contributed by atoms with van der Waals surface area (Å²) in [5, 5.41) is 2.84. The normalized spacial score (nSPS) is 19.4. The zero-order chi connectivity index (χ0) is 19.5. The summed E-state index contributed by atoms with van der Waals surface area (Å²) in [4.78, 5) is 33.5. The smallest absolute Gasteiger partial charge is 0.265 e. The molecule has 0 spiro atoms. The lowest BCUT2D eigenvalue weighted by Gasteiger charge is -2.37. The highest BCUT2D eigenvalue weighted by molar-refractivity contribution is 7.09. The lowest BCUT2D eigenvalue weighted by molar-refractivity contribution is -0.142. The minimum atomic E-state index is -0.730. The Bertz CT molecular complexity index is 904. The molecule has 2 aliphatic rings. The molecule has 3 heterocycles. The number of ether oxygens (including phenoxy) is 2. The third-order valence-corrected chi connectivity index (χ3v) is 5.46. The van der Waals surface area contributed by atoms with E-state index in [-0.39, 0.29) is 18.4 Å². The van der Waals surface area contributed by atoms with E-state index in [4.69, 9.17) is 9.47 Å². The molecule has 1 aromatic heterocycles. The molecule has 8 heteroatoms. The summed E-state index contributed by atoms with van der Waals surface area (Å²) in [6.45, 7) is 4.21. The number of morpholine rings is 1. The molecule has 7 nitrogen and oxygen atoms in total. The number of anilines is 1. The maximum Gasteiger partial charge on any atom is 0.265 e. The summed E-state index contributed by atoms with van der Waals surface area (Å²) in [7, 11) is 0. The summed E-state index contributed by atoms with van der Waals surface area (Å²) in [5.41, 5.74) is 1.41. The van der Waals surface area contributed by atoms with Crippen LogP contribution in [0.5, 0.6) is 5.75 Å². The Morgan fingerprint density at radius 1 is 1.25 bits per heavy atom. The molecule has 0 N–H and O–H groups in total. The van der Waals surface area contributed by atoms with Crippen molar-refractivity contribution in [3.8, 4) is 5.75 Å². The van der Waals surface area contributed by atoms with E-state index in [0.29, 0.717) is 37.7 Å². The van der Waals surface area contributed by atoms with Crippen LogP contribution in [0.4, 0.5) is 5.69 Å². The number of thiazole rings is 1. The first-order chi connectivity index (χ1) is 13.6. The summed E-state index contributed by atoms with van der Waals surface area (Å²) < 4.78 is 11.2. The van der Waals surface area contributed by atoms with Crippen LogP contribution in [0, 0.1) is 6.92 Å². The van der Waals surface area contributed by atoms with Crippen LogP contribution in [-0.2, 0) is 14.3 Å². The van der Waals surface area contributed by atoms with Crippen LogP contribution >= 0.6 is 11.3 Å². The van der Waals surface area contributed by atoms with Gasteiger partial charge < -0.3 is 19.3 Å². The van der Waals surface area contributed by atoms with Crippen molar-refractivity contribution in [2.24, 2.45) is 0 Å². The topological polar surface area (TPSA) is 72.0 Å². The van der Waals surface area contributed by atoms with Gasteiger partial charge >= 0.3 is 0 Å². The zero-order valence-corrected chi connectivity index (χ0v) is 16.4. The molecule has 0 saturated carbocycles. The van der Waals surface area contributed by atoms with Crippen molar-refractivity contribution in [2.75, 3.05) is 37.7 Å². The lowest BCUT2D eigenvalue weighted by Crippen LogP contribution is -2.53. The van der Waals surface area contributed by atoms with Gasteiger partial charge in [0.1, 0.15) is 5.75 Å². The van der Waals surface area contributed by atoms with Crippen LogP contribution in [0.3, 0.4) is 0 Å². The monoisotopic (exact) mass is 399 g/mol. The number of rotatable bonds is 3. The van der Waals surface area contributed by atoms with Crippen molar-refractivity contribution in [3.63, 3.8) is 0 Å². The molecule has 4 rings (SSSR count). The first kappa shape index (κ1) is 18.6. The van der Waals surface area contributed by atoms with Gasteiger partial charge in [-0.15, -0.1) is 11.3 Å². The number of hydrogen-bond donors (Lipinski definition) is 0. The SMILES string of the molecule is Cc1nc(/C=C/C(=O)N2CC(C(=O)N3CCOCC3)Oc3ccccc32)cs1. The van der Waals surface area contributed by atoms with E-state index in [1.54, 1.807) is 21.9 Å². The first-order valence-corrected chi connectivity index (χ1v) is 10.0. The standard InChI is InChI=1S/C20H21N3O4S/c1-14-21-15(13-28-14)6-7-19(24)23-12-18(20(25)22-8-10-26-11-9-22)27-17-5-3-2-4-16(17)23/h2-7,13,18H,8-12H2,1H3/b7-6+. The number of fused-ring (bicyclic) bond motifs is 1. The third kappa shape index (κ3) is 3.93. The van der Waals surface area contributed by atoms with Crippen molar-refractivity contribution < 1.29 is 19.1 Å². The summed E-state index contributed by atoms with van der Waals surface area (Å²) in [5.74, 6) is 0.211. The highest BCUT2D eigenvalue weighted by Crippen LogP contribution is 2.33. The fourth-order valence-electron chi connectivity index (χ4n) is 3.26. The second-order valence-corrected chi connectivity index (χ2v) is 7.65. The summed E-state index contributed by atoms with van der Waals surface area (Å²) >= 11 is 1.53. The maximum absolute atomic E-state index is 12.9. The zero-order valence-electron chi connectivity index (χ0n) is 15.5. The highest BCUT2D eigenvalue weighted by Gasteiger charge is 2.35. The van der Waals surface area contributed by atoms with Gasteiger partial charge in [-0.2, -0.15) is 0 Å². The predicted molar refractivity (Wildman–Crippen MR) is 106 cm³/mol. The highest BCUT2D eigenvalue weighted by atomic mass is 32.1. The molecule has 0 aliphatic carbocycles. The van der Waals surface area contributed by atoms with E-state index < -0.39 is 6.10 Å². The number of amides is 2. The number of carbonyl (C=O) groups is 2. The number of para-hydroxylation sites is 2. The molecule has 28 heavy (non-hydrogen) atoms. The molecule has 1 atom stereocenters. The largest absolute Gasteiger partial charge is 0.476 e. The minimum Gasteiger partial charge on any atom is -0.476 e. The van der Waals surface area contributed by atoms with E-state index in [1.807, 2.05) is 30.5 Å². The number of nitrogens with zero attached hydrogens (tertiary/aromatic N) is 3. The third-order valence-electron chi connectivity index (χ3n) is 4.67. The van der Waals surface area contributed by atoms with Gasteiger partial charge in [-0.25, -0.2) is 4.98 Å². The number of carbonyl (C=O) groups excluding carboxylic acids is 2. The molecule has 0 radical (unpaired) electrons. The Labute approximate surface area is 167 Å². The molecular formula is C20H21N3O4S. The van der Waals surface area contributed by atoms with Crippen LogP contribution in [0.25, 0.3) is 6.08 Å². The quantitative estimate of drug-likeness (QED) is 0.740. The molecule has 2 aliphatic heterocycles. The average molecular weight is 399 g/mol. The second-order valence-electron chi connectivity index (χ2n) is 6.59. The van der Waals surface area contributed by atoms with Crippen molar-refractivity contribution in [2.45, 2.75) is 13.0 Å². The Morgan fingerprint density at radius 3 is 2.79 bits per heavy atom. The summed E-state index contributed by atoms with van der Waals surface area (Å²) in [6.07, 6.45) is 2.46. The van der Waals surface area contributed by atoms with Crippen molar-refractivity contribution in [1.82, 2.24) is 9.88 Å². The van der Waals surface area contributed by atoms with E-state index >= 15 is 0 Å². The van der Waals surface area contributed by atoms with Gasteiger partial charge in [-0.1, -0.05) is 12.1 Å². The molecule has 1 unspecified atom stereocenters. The van der Waals surface area contributed by atoms with Crippen molar-refractivity contribution in [3.05, 3.63) is 46.4 Å². The molecule has 1 aromatic carbocycles. The number of aromatic nitrogens is 1. The van der Waals surface area contributed by atoms with E-state index in [2.05, 4.69) is 4.98 Å². The average Bonchev–Trinajstić information content (AvgIpc) is 3.16. The minimum absolute atomic E-state index is 0.116. The van der Waals surface area contributed by atoms with Gasteiger partial charge in [-0.05, 0) is 25.1 Å². The second kappa shape index (κ2) is 8.12. The number of benzene rings is 1. The van der Waals surface area contributed by atoms with Gasteiger partial charge in [-0.3, -0.25) is 9.59 Å². The van der Waals surface area contributed by atoms with Gasteiger partial charge in [0.2, 0.25) is 0 Å². The molecule has 2 amide bonds. The summed E-state index contributed by atoms with van der Waals surface area (Å²) in [6, 6.07) is 7.28. The van der Waals surface area contributed by atoms with Crippen LogP contribution in [0.1, 0.15) is 10.7 Å². The van der Waals surface area contributed by atoms with Crippen molar-refractivity contribution >= 4 is 34.9 Å². The molecule has 146 valence electrons. The van der Waals surface area contributed by atoms with Crippen LogP contribution in [-0.4, -0.2) is 60.7 Å². The molecular weight excluding hydrogens is 378 g/mol. The fourth-order valence-corrected chi connectivity index (χ4v) is 3.84. The number of hydrogen-bond acceptors (Lipinski definition) is 6. The van der Waals surface area contributed by atoms with E-state index in [1.165, 1.54) is 17.4 Å². The van der Waals surface area contributed by atoms with Crippen LogP contribution in [0.15, 0.2) is 35.7 Å². The Hall–Kier alpha value is -2.71.